The van der Waals surface area contributed by atoms with Crippen molar-refractivity contribution in [1.82, 2.24) is 0 Å². The van der Waals surface area contributed by atoms with Crippen molar-refractivity contribution in [2.24, 2.45) is 0 Å². The molecule has 1 aromatic carbocycles. The number of anilines is 2. The Hall–Kier alpha value is -2.11. The first kappa shape index (κ1) is 13.3. The average molecular weight is 270 g/mol. The molecule has 0 radical (unpaired) electrons. The molecule has 2 aromatic rings. The van der Waals surface area contributed by atoms with Crippen LogP contribution in [0.1, 0.15) is 11.1 Å². The Morgan fingerprint density at radius 2 is 2.00 bits per heavy atom. The van der Waals surface area contributed by atoms with E-state index in [9.17, 15) is 13.2 Å². The molecule has 0 amide bonds. The van der Waals surface area contributed by atoms with Crippen molar-refractivity contribution in [2.75, 3.05) is 17.7 Å². The number of hydrogen-bond acceptors (Lipinski definition) is 3. The number of halogens is 3. The van der Waals surface area contributed by atoms with Gasteiger partial charge in [0.25, 0.3) is 0 Å². The first-order valence-corrected chi connectivity index (χ1v) is 5.57. The van der Waals surface area contributed by atoms with E-state index in [1.165, 1.54) is 6.07 Å². The molecule has 102 valence electrons. The Morgan fingerprint density at radius 1 is 1.26 bits per heavy atom. The number of nitrogens with two attached hydrogens (primary N) is 1. The number of rotatable bonds is 3. The summed E-state index contributed by atoms with van der Waals surface area (Å²) < 4.78 is 42.5. The quantitative estimate of drug-likeness (QED) is 0.868. The SMILES string of the molecule is CN(Cc1ccoc1)c1ccc(C(F)(F)F)cc1N. The summed E-state index contributed by atoms with van der Waals surface area (Å²) in [5.74, 6) is 0. The van der Waals surface area contributed by atoms with Crippen LogP contribution in [-0.4, -0.2) is 7.05 Å². The van der Waals surface area contributed by atoms with Gasteiger partial charge in [0, 0.05) is 19.2 Å². The zero-order chi connectivity index (χ0) is 14.0. The standard InChI is InChI=1S/C13H13F3N2O/c1-18(7-9-4-5-19-8-9)12-3-2-10(6-11(12)17)13(14,15)16/h2-6,8H,7,17H2,1H3. The molecule has 0 saturated carbocycles. The van der Waals surface area contributed by atoms with E-state index in [1.807, 2.05) is 0 Å². The largest absolute Gasteiger partial charge is 0.472 e. The third kappa shape index (κ3) is 3.01. The molecule has 0 aliphatic carbocycles. The van der Waals surface area contributed by atoms with E-state index in [0.29, 0.717) is 12.2 Å². The molecule has 1 heterocycles. The van der Waals surface area contributed by atoms with Gasteiger partial charge in [-0.3, -0.25) is 0 Å². The van der Waals surface area contributed by atoms with Crippen molar-refractivity contribution in [3.63, 3.8) is 0 Å². The molecule has 0 saturated heterocycles. The summed E-state index contributed by atoms with van der Waals surface area (Å²) in [6.45, 7) is 0.506. The van der Waals surface area contributed by atoms with Gasteiger partial charge in [-0.15, -0.1) is 0 Å². The van der Waals surface area contributed by atoms with Gasteiger partial charge in [-0.25, -0.2) is 0 Å². The van der Waals surface area contributed by atoms with Crippen LogP contribution in [0.2, 0.25) is 0 Å². The molecule has 19 heavy (non-hydrogen) atoms. The Balaban J connectivity index is 2.21. The van der Waals surface area contributed by atoms with Crippen LogP contribution in [-0.2, 0) is 12.7 Å². The van der Waals surface area contributed by atoms with Crippen molar-refractivity contribution < 1.29 is 17.6 Å². The summed E-state index contributed by atoms with van der Waals surface area (Å²) in [5, 5.41) is 0. The summed E-state index contributed by atoms with van der Waals surface area (Å²) in [6, 6.07) is 5.13. The van der Waals surface area contributed by atoms with Gasteiger partial charge >= 0.3 is 6.18 Å². The maximum absolute atomic E-state index is 12.5. The molecule has 0 aliphatic heterocycles. The second-order valence-electron chi connectivity index (χ2n) is 4.26. The second kappa shape index (κ2) is 4.87. The number of benzene rings is 1. The van der Waals surface area contributed by atoms with Crippen LogP contribution >= 0.6 is 0 Å². The van der Waals surface area contributed by atoms with Gasteiger partial charge in [0.2, 0.25) is 0 Å². The van der Waals surface area contributed by atoms with Crippen molar-refractivity contribution in [3.8, 4) is 0 Å². The van der Waals surface area contributed by atoms with E-state index in [2.05, 4.69) is 0 Å². The molecule has 0 atom stereocenters. The predicted molar refractivity (Wildman–Crippen MR) is 66.7 cm³/mol. The van der Waals surface area contributed by atoms with Gasteiger partial charge in [0.1, 0.15) is 0 Å². The van der Waals surface area contributed by atoms with Crippen molar-refractivity contribution >= 4 is 11.4 Å². The molecular formula is C13H13F3N2O. The third-order valence-corrected chi connectivity index (χ3v) is 2.77. The average Bonchev–Trinajstić information content (AvgIpc) is 2.80. The highest BCUT2D eigenvalue weighted by Gasteiger charge is 2.31. The van der Waals surface area contributed by atoms with Gasteiger partial charge in [0.15, 0.2) is 0 Å². The monoisotopic (exact) mass is 270 g/mol. The molecule has 0 bridgehead atoms. The summed E-state index contributed by atoms with van der Waals surface area (Å²) >= 11 is 0. The van der Waals surface area contributed by atoms with Crippen LogP contribution < -0.4 is 10.6 Å². The van der Waals surface area contributed by atoms with Crippen molar-refractivity contribution in [1.29, 1.82) is 0 Å². The molecule has 0 spiro atoms. The van der Waals surface area contributed by atoms with E-state index in [4.69, 9.17) is 10.2 Å². The molecule has 2 rings (SSSR count). The van der Waals surface area contributed by atoms with Gasteiger partial charge in [-0.05, 0) is 24.3 Å². The van der Waals surface area contributed by atoms with Crippen molar-refractivity contribution in [2.45, 2.75) is 12.7 Å². The number of furan rings is 1. The number of hydrogen-bond donors (Lipinski definition) is 1. The molecule has 2 N–H and O–H groups in total. The molecule has 0 fully saturated rings. The zero-order valence-electron chi connectivity index (χ0n) is 10.2. The van der Waals surface area contributed by atoms with Crippen LogP contribution in [0, 0.1) is 0 Å². The number of nitrogen functional groups attached to an aromatic ring is 1. The van der Waals surface area contributed by atoms with Crippen molar-refractivity contribution in [3.05, 3.63) is 47.9 Å². The van der Waals surface area contributed by atoms with Gasteiger partial charge in [0.05, 0.1) is 29.5 Å². The van der Waals surface area contributed by atoms with E-state index >= 15 is 0 Å². The van der Waals surface area contributed by atoms with E-state index in [-0.39, 0.29) is 5.69 Å². The Labute approximate surface area is 108 Å². The van der Waals surface area contributed by atoms with Crippen LogP contribution in [0.5, 0.6) is 0 Å². The fraction of sp³-hybridized carbons (Fsp3) is 0.231. The number of nitrogens with zero attached hydrogens (tertiary/aromatic N) is 1. The highest BCUT2D eigenvalue weighted by molar-refractivity contribution is 5.68. The van der Waals surface area contributed by atoms with Crippen LogP contribution in [0.3, 0.4) is 0 Å². The summed E-state index contributed by atoms with van der Waals surface area (Å²) in [5.41, 5.74) is 6.50. The lowest BCUT2D eigenvalue weighted by molar-refractivity contribution is -0.137. The zero-order valence-corrected chi connectivity index (χ0v) is 10.2. The van der Waals surface area contributed by atoms with Crippen LogP contribution in [0.4, 0.5) is 24.5 Å². The summed E-state index contributed by atoms with van der Waals surface area (Å²) in [6.07, 6.45) is -1.26. The smallest absolute Gasteiger partial charge is 0.416 e. The minimum Gasteiger partial charge on any atom is -0.472 e. The Bertz CT molecular complexity index is 550. The van der Waals surface area contributed by atoms with Gasteiger partial charge in [-0.1, -0.05) is 0 Å². The highest BCUT2D eigenvalue weighted by atomic mass is 19.4. The van der Waals surface area contributed by atoms with Gasteiger partial charge < -0.3 is 15.1 Å². The maximum atomic E-state index is 12.5. The second-order valence-corrected chi connectivity index (χ2v) is 4.26. The van der Waals surface area contributed by atoms with Gasteiger partial charge in [-0.2, -0.15) is 13.2 Å². The van der Waals surface area contributed by atoms with E-state index in [1.54, 1.807) is 30.5 Å². The topological polar surface area (TPSA) is 42.4 Å². The first-order chi connectivity index (χ1) is 8.88. The number of alkyl halides is 3. The maximum Gasteiger partial charge on any atom is 0.416 e. The Kier molecular flexibility index (Phi) is 3.42. The van der Waals surface area contributed by atoms with Crippen LogP contribution in [0.15, 0.2) is 41.2 Å². The van der Waals surface area contributed by atoms with E-state index < -0.39 is 11.7 Å². The molecular weight excluding hydrogens is 257 g/mol. The lowest BCUT2D eigenvalue weighted by Crippen LogP contribution is -2.18. The molecule has 3 nitrogen and oxygen atoms in total. The fourth-order valence-electron chi connectivity index (χ4n) is 1.82. The fourth-order valence-corrected chi connectivity index (χ4v) is 1.82. The normalized spacial score (nSPS) is 11.6. The molecule has 1 aromatic heterocycles. The first-order valence-electron chi connectivity index (χ1n) is 5.57. The minimum absolute atomic E-state index is 0.0980. The van der Waals surface area contributed by atoms with E-state index in [0.717, 1.165) is 17.7 Å². The van der Waals surface area contributed by atoms with Crippen LogP contribution in [0.25, 0.3) is 0 Å². The summed E-state index contributed by atoms with van der Waals surface area (Å²) in [4.78, 5) is 1.76. The lowest BCUT2D eigenvalue weighted by Gasteiger charge is -2.21. The highest BCUT2D eigenvalue weighted by Crippen LogP contribution is 2.34. The summed E-state index contributed by atoms with van der Waals surface area (Å²) in [7, 11) is 1.76. The molecule has 0 unspecified atom stereocenters. The third-order valence-electron chi connectivity index (χ3n) is 2.77. The molecule has 6 heteroatoms. The molecule has 0 aliphatic rings. The minimum atomic E-state index is -4.38. The predicted octanol–water partition coefficient (Wildman–Crippen LogP) is 3.52. The Morgan fingerprint density at radius 3 is 2.53 bits per heavy atom. The lowest BCUT2D eigenvalue weighted by atomic mass is 10.1.